The van der Waals surface area contributed by atoms with Crippen molar-refractivity contribution in [1.29, 1.82) is 0 Å². The Kier molecular flexibility index (Phi) is 12.7. The summed E-state index contributed by atoms with van der Waals surface area (Å²) in [7, 11) is -4.67. The Morgan fingerprint density at radius 1 is 0.848 bits per heavy atom. The van der Waals surface area contributed by atoms with Crippen molar-refractivity contribution in [2.75, 3.05) is 5.32 Å². The van der Waals surface area contributed by atoms with Gasteiger partial charge in [-0.3, -0.25) is 18.7 Å². The zero-order chi connectivity index (χ0) is 34.0. The largest absolute Gasteiger partial charge is 0.481 e. The number of carboxylic acids is 1. The van der Waals surface area contributed by atoms with E-state index in [-0.39, 0.29) is 37.0 Å². The van der Waals surface area contributed by atoms with Gasteiger partial charge in [0.1, 0.15) is 5.82 Å². The second-order valence-corrected chi connectivity index (χ2v) is 11.8. The van der Waals surface area contributed by atoms with Gasteiger partial charge in [-0.15, -0.1) is 0 Å². The van der Waals surface area contributed by atoms with Crippen molar-refractivity contribution in [2.45, 2.75) is 57.8 Å². The third kappa shape index (κ3) is 10.6. The number of nitrogens with one attached hydrogen (secondary N) is 1. The number of benzene rings is 3. The number of carboxylic acid groups (broad SMARTS) is 1. The number of aliphatic hydroxyl groups excluding tert-OH is 2. The number of hydrogen-bond donors (Lipinski definition) is 6. The van der Waals surface area contributed by atoms with E-state index in [1.165, 1.54) is 12.1 Å². The third-order valence-electron chi connectivity index (χ3n) is 6.93. The zero-order valence-electron chi connectivity index (χ0n) is 25.2. The normalized spacial score (nSPS) is 12.6. The molecule has 0 unspecified atom stereocenters. The van der Waals surface area contributed by atoms with E-state index in [1.807, 2.05) is 79.1 Å². The van der Waals surface area contributed by atoms with Gasteiger partial charge in [0.25, 0.3) is 5.91 Å². The number of aliphatic carboxylic acids is 1. The Morgan fingerprint density at radius 2 is 1.39 bits per heavy atom. The molecule has 0 saturated heterocycles. The minimum Gasteiger partial charge on any atom is -0.481 e. The number of para-hydroxylation sites is 1. The minimum atomic E-state index is -4.67. The zero-order valence-corrected chi connectivity index (χ0v) is 26.1. The molecule has 6 N–H and O–H groups in total. The number of anilines is 1. The van der Waals surface area contributed by atoms with Crippen molar-refractivity contribution in [3.05, 3.63) is 102 Å². The van der Waals surface area contributed by atoms with Crippen LogP contribution in [0, 0.1) is 5.82 Å². The van der Waals surface area contributed by atoms with Crippen LogP contribution in [-0.2, 0) is 21.7 Å². The van der Waals surface area contributed by atoms with Gasteiger partial charge in [-0.1, -0.05) is 62.4 Å². The number of nitrogens with zero attached hydrogens (tertiary/aromatic N) is 1. The fraction of sp³-hybridized carbons (Fsp3) is 0.273. The van der Waals surface area contributed by atoms with Crippen molar-refractivity contribution >= 4 is 28.0 Å². The summed E-state index contributed by atoms with van der Waals surface area (Å²) in [4.78, 5) is 25.0. The first-order chi connectivity index (χ1) is 21.7. The predicted octanol–water partition coefficient (Wildman–Crippen LogP) is 5.66. The molecule has 246 valence electrons. The summed E-state index contributed by atoms with van der Waals surface area (Å²) in [6.45, 7) is 4.25. The molecule has 4 aromatic rings. The van der Waals surface area contributed by atoms with Crippen LogP contribution in [0.5, 0.6) is 0 Å². The Bertz CT molecular complexity index is 1700. The monoisotopic (exact) mass is 656 g/mol. The summed E-state index contributed by atoms with van der Waals surface area (Å²) in [5.41, 5.74) is 4.77. The second kappa shape index (κ2) is 16.2. The number of aliphatic hydroxyl groups is 2. The van der Waals surface area contributed by atoms with E-state index in [1.54, 1.807) is 12.1 Å². The van der Waals surface area contributed by atoms with E-state index >= 15 is 0 Å². The van der Waals surface area contributed by atoms with Crippen LogP contribution in [0.3, 0.4) is 0 Å². The van der Waals surface area contributed by atoms with E-state index in [9.17, 15) is 24.2 Å². The molecule has 1 heterocycles. The molecule has 4 rings (SSSR count). The Hall–Kier alpha value is -4.40. The van der Waals surface area contributed by atoms with Crippen LogP contribution in [0.2, 0.25) is 0 Å². The lowest BCUT2D eigenvalue weighted by molar-refractivity contribution is -0.139. The van der Waals surface area contributed by atoms with E-state index < -0.39 is 35.0 Å². The van der Waals surface area contributed by atoms with Crippen molar-refractivity contribution in [3.63, 3.8) is 0 Å². The van der Waals surface area contributed by atoms with Gasteiger partial charge in [-0.25, -0.2) is 4.39 Å². The number of carbonyl (C=O) groups is 2. The van der Waals surface area contributed by atoms with Crippen molar-refractivity contribution in [3.8, 4) is 22.4 Å². The summed E-state index contributed by atoms with van der Waals surface area (Å²) in [6, 6.07) is 24.8. The van der Waals surface area contributed by atoms with Crippen LogP contribution in [0.1, 0.15) is 55.1 Å². The number of carbonyl (C=O) groups excluding carboxylic acids is 1. The molecular formula is C33H37FN2O9S. The lowest BCUT2D eigenvalue weighted by Crippen LogP contribution is -2.22. The summed E-state index contributed by atoms with van der Waals surface area (Å²) in [5, 5.41) is 32.8. The maximum absolute atomic E-state index is 14.0. The molecule has 3 aromatic carbocycles. The Balaban J connectivity index is 0.00000107. The Morgan fingerprint density at radius 3 is 1.91 bits per heavy atom. The van der Waals surface area contributed by atoms with Crippen LogP contribution in [0.4, 0.5) is 10.1 Å². The fourth-order valence-electron chi connectivity index (χ4n) is 5.20. The molecule has 2 atom stereocenters. The highest BCUT2D eigenvalue weighted by atomic mass is 32.3. The lowest BCUT2D eigenvalue weighted by Gasteiger charge is -2.20. The highest BCUT2D eigenvalue weighted by molar-refractivity contribution is 7.79. The quantitative estimate of drug-likeness (QED) is 0.105. The maximum Gasteiger partial charge on any atom is 0.394 e. The summed E-state index contributed by atoms with van der Waals surface area (Å²) in [5.74, 6) is -1.93. The standard InChI is InChI=1S/C33H35FN2O5.H2O4S/c1-21(2)31-30(33(41)35-25-11-7-4-8-12-25)29(22-9-5-3-6-10-22)32(23-13-15-24(34)16-14-23)36(31)18-17-26(37)19-27(38)20-28(39)40;1-5(2,3)4/h3-16,21,26-27,37-38H,17-20H2,1-2H3,(H,35,41)(H,39,40);(H2,1,2,3,4)/t26-,27-;/m1./s1. The molecular weight excluding hydrogens is 619 g/mol. The molecule has 0 saturated carbocycles. The van der Waals surface area contributed by atoms with Gasteiger partial charge in [0.05, 0.1) is 29.9 Å². The molecule has 11 nitrogen and oxygen atoms in total. The molecule has 0 bridgehead atoms. The maximum atomic E-state index is 14.0. The highest BCUT2D eigenvalue weighted by Gasteiger charge is 2.31. The summed E-state index contributed by atoms with van der Waals surface area (Å²) in [6.07, 6.45) is -2.51. The lowest BCUT2D eigenvalue weighted by atomic mass is 9.94. The molecule has 1 aromatic heterocycles. The van der Waals surface area contributed by atoms with Crippen molar-refractivity contribution in [2.24, 2.45) is 0 Å². The average Bonchev–Trinajstić information content (AvgIpc) is 3.32. The number of amides is 1. The number of aromatic nitrogens is 1. The highest BCUT2D eigenvalue weighted by Crippen LogP contribution is 2.42. The number of hydrogen-bond acceptors (Lipinski definition) is 6. The summed E-state index contributed by atoms with van der Waals surface area (Å²) >= 11 is 0. The third-order valence-corrected chi connectivity index (χ3v) is 6.93. The molecule has 0 spiro atoms. The van der Waals surface area contributed by atoms with Crippen LogP contribution in [0.15, 0.2) is 84.9 Å². The Labute approximate surface area is 266 Å². The molecule has 0 aliphatic heterocycles. The molecule has 0 aliphatic carbocycles. The van der Waals surface area contributed by atoms with Gasteiger partial charge in [-0.2, -0.15) is 8.42 Å². The molecule has 13 heteroatoms. The predicted molar refractivity (Wildman–Crippen MR) is 171 cm³/mol. The van der Waals surface area contributed by atoms with Crippen LogP contribution < -0.4 is 5.32 Å². The van der Waals surface area contributed by atoms with Crippen LogP contribution in [-0.4, -0.2) is 61.5 Å². The van der Waals surface area contributed by atoms with Gasteiger partial charge < -0.3 is 25.2 Å². The van der Waals surface area contributed by atoms with Gasteiger partial charge in [0, 0.05) is 23.5 Å². The van der Waals surface area contributed by atoms with E-state index in [0.29, 0.717) is 28.1 Å². The van der Waals surface area contributed by atoms with Crippen molar-refractivity contribution in [1.82, 2.24) is 4.57 Å². The number of rotatable bonds is 12. The SMILES string of the molecule is CC(C)c1c(C(=O)Nc2ccccc2)c(-c2ccccc2)c(-c2ccc(F)cc2)n1CC[C@@H](O)C[C@@H](O)CC(=O)O.O=S(=O)(O)O. The van der Waals surface area contributed by atoms with Gasteiger partial charge in [-0.05, 0) is 66.3 Å². The minimum absolute atomic E-state index is 0.0939. The second-order valence-electron chi connectivity index (χ2n) is 10.9. The molecule has 46 heavy (non-hydrogen) atoms. The molecule has 0 radical (unpaired) electrons. The first-order valence-electron chi connectivity index (χ1n) is 14.4. The van der Waals surface area contributed by atoms with Gasteiger partial charge in [0.15, 0.2) is 0 Å². The van der Waals surface area contributed by atoms with Gasteiger partial charge >= 0.3 is 16.4 Å². The molecule has 0 fully saturated rings. The van der Waals surface area contributed by atoms with Crippen molar-refractivity contribution < 1.29 is 46.8 Å². The van der Waals surface area contributed by atoms with E-state index in [4.69, 9.17) is 22.6 Å². The topological polar surface area (TPSA) is 186 Å². The van der Waals surface area contributed by atoms with Gasteiger partial charge in [0.2, 0.25) is 0 Å². The average molecular weight is 657 g/mol. The fourth-order valence-corrected chi connectivity index (χ4v) is 5.20. The first-order valence-corrected chi connectivity index (χ1v) is 15.8. The number of halogens is 1. The molecule has 1 amide bonds. The van der Waals surface area contributed by atoms with E-state index in [0.717, 1.165) is 11.3 Å². The van der Waals surface area contributed by atoms with E-state index in [2.05, 4.69) is 5.32 Å². The molecule has 0 aliphatic rings. The first kappa shape index (κ1) is 36.1. The summed E-state index contributed by atoms with van der Waals surface area (Å²) < 4.78 is 47.6. The van der Waals surface area contributed by atoms with Crippen LogP contribution >= 0.6 is 0 Å². The van der Waals surface area contributed by atoms with Crippen LogP contribution in [0.25, 0.3) is 22.4 Å². The smallest absolute Gasteiger partial charge is 0.394 e.